The first-order chi connectivity index (χ1) is 17.5. The molecule has 36 heavy (non-hydrogen) atoms. The Morgan fingerprint density at radius 2 is 2.14 bits per heavy atom. The van der Waals surface area contributed by atoms with Crippen molar-refractivity contribution in [3.8, 4) is 11.3 Å². The van der Waals surface area contributed by atoms with Gasteiger partial charge in [0.15, 0.2) is 10.9 Å². The van der Waals surface area contributed by atoms with Gasteiger partial charge in [-0.3, -0.25) is 15.1 Å². The highest BCUT2D eigenvalue weighted by Gasteiger charge is 2.20. The van der Waals surface area contributed by atoms with Crippen LogP contribution in [0.3, 0.4) is 0 Å². The molecule has 4 rings (SSSR count). The Kier molecular flexibility index (Phi) is 8.44. The Hall–Kier alpha value is -3.58. The zero-order chi connectivity index (χ0) is 25.5. The maximum Gasteiger partial charge on any atom is 0.321 e. The van der Waals surface area contributed by atoms with E-state index in [2.05, 4.69) is 52.7 Å². The number of aromatic nitrogens is 2. The molecule has 2 amide bonds. The molecule has 1 aliphatic rings. The Bertz CT molecular complexity index is 1340. The first-order valence-corrected chi connectivity index (χ1v) is 13.2. The van der Waals surface area contributed by atoms with Crippen LogP contribution in [0.1, 0.15) is 52.0 Å². The average molecular weight is 501 g/mol. The summed E-state index contributed by atoms with van der Waals surface area (Å²) in [5, 5.41) is 6.06. The van der Waals surface area contributed by atoms with E-state index in [9.17, 15) is 9.59 Å². The summed E-state index contributed by atoms with van der Waals surface area (Å²) in [6, 6.07) is 9.56. The molecule has 2 heterocycles. The number of carbonyl (C=O) groups excluding carboxylic acids is 2. The van der Waals surface area contributed by atoms with Gasteiger partial charge in [0, 0.05) is 24.2 Å². The van der Waals surface area contributed by atoms with Gasteiger partial charge >= 0.3 is 6.03 Å². The van der Waals surface area contributed by atoms with E-state index >= 15 is 0 Å². The zero-order valence-corrected chi connectivity index (χ0v) is 21.8. The van der Waals surface area contributed by atoms with Crippen LogP contribution in [0.2, 0.25) is 0 Å². The summed E-state index contributed by atoms with van der Waals surface area (Å²) in [5.41, 5.74) is 5.65. The van der Waals surface area contributed by atoms with Crippen molar-refractivity contribution in [2.45, 2.75) is 46.5 Å². The van der Waals surface area contributed by atoms with E-state index in [1.165, 1.54) is 16.9 Å². The van der Waals surface area contributed by atoms with E-state index in [1.807, 2.05) is 37.3 Å². The number of fused-ring (bicyclic) bond motifs is 1. The van der Waals surface area contributed by atoms with Crippen LogP contribution >= 0.6 is 11.3 Å². The number of nitrogens with zero attached hydrogens (tertiary/aromatic N) is 2. The average Bonchev–Trinajstić information content (AvgIpc) is 3.19. The molecule has 0 saturated heterocycles. The first kappa shape index (κ1) is 25.5. The predicted molar refractivity (Wildman–Crippen MR) is 149 cm³/mol. The Morgan fingerprint density at radius 1 is 1.28 bits per heavy atom. The molecule has 0 aliphatic heterocycles. The van der Waals surface area contributed by atoms with Gasteiger partial charge in [0.2, 0.25) is 0 Å². The van der Waals surface area contributed by atoms with Gasteiger partial charge in [0.05, 0.1) is 15.9 Å². The van der Waals surface area contributed by atoms with Crippen molar-refractivity contribution >= 4 is 44.1 Å². The van der Waals surface area contributed by atoms with Crippen molar-refractivity contribution < 1.29 is 9.59 Å². The standard InChI is InChI=1S/C29H32N4O2S/c1-4-19(3)10-8-11-20-12-9-13-21(18-26(20)34)22-16-23(24-14-6-7-15-31-24)27-25(17-22)32-29(36-27)33-28(35)30-5-2/h4,6-7,9,13-18,20H,5,8,10-12H2,1-3H3,(H2,30,32,33,35). The molecule has 0 saturated carbocycles. The fourth-order valence-corrected chi connectivity index (χ4v) is 5.24. The van der Waals surface area contributed by atoms with E-state index < -0.39 is 0 Å². The van der Waals surface area contributed by atoms with Gasteiger partial charge in [-0.05, 0) is 87.9 Å². The molecule has 0 bridgehead atoms. The number of benzene rings is 1. The lowest BCUT2D eigenvalue weighted by Crippen LogP contribution is -2.28. The smallest absolute Gasteiger partial charge is 0.321 e. The van der Waals surface area contributed by atoms with Crippen molar-refractivity contribution in [3.63, 3.8) is 0 Å². The molecule has 1 aliphatic carbocycles. The Morgan fingerprint density at radius 3 is 2.89 bits per heavy atom. The lowest BCUT2D eigenvalue weighted by molar-refractivity contribution is -0.118. The summed E-state index contributed by atoms with van der Waals surface area (Å²) < 4.78 is 0.936. The fraction of sp³-hybridized carbons (Fsp3) is 0.310. The minimum absolute atomic E-state index is 0.00884. The summed E-state index contributed by atoms with van der Waals surface area (Å²) in [5.74, 6) is 0.180. The van der Waals surface area contributed by atoms with Crippen LogP contribution in [0.25, 0.3) is 27.0 Å². The molecule has 3 aromatic rings. The number of carbonyl (C=O) groups is 2. The molecular weight excluding hydrogens is 468 g/mol. The summed E-state index contributed by atoms with van der Waals surface area (Å²) in [6.45, 7) is 6.59. The van der Waals surface area contributed by atoms with Gasteiger partial charge in [-0.25, -0.2) is 9.78 Å². The summed E-state index contributed by atoms with van der Waals surface area (Å²) in [6.07, 6.45) is 13.5. The van der Waals surface area contributed by atoms with Crippen LogP contribution in [-0.2, 0) is 4.79 Å². The molecule has 0 fully saturated rings. The highest BCUT2D eigenvalue weighted by Crippen LogP contribution is 2.38. The van der Waals surface area contributed by atoms with Crippen LogP contribution in [0.15, 0.2) is 66.4 Å². The number of urea groups is 1. The summed E-state index contributed by atoms with van der Waals surface area (Å²) in [4.78, 5) is 34.4. The molecular formula is C29H32N4O2S. The normalized spacial score (nSPS) is 16.1. The largest absolute Gasteiger partial charge is 0.338 e. The van der Waals surface area contributed by atoms with Gasteiger partial charge in [-0.15, -0.1) is 0 Å². The van der Waals surface area contributed by atoms with Crippen LogP contribution in [0.5, 0.6) is 0 Å². The van der Waals surface area contributed by atoms with Gasteiger partial charge in [0.1, 0.15) is 0 Å². The number of hydrogen-bond acceptors (Lipinski definition) is 5. The maximum absolute atomic E-state index is 13.1. The number of amides is 2. The minimum Gasteiger partial charge on any atom is -0.338 e. The predicted octanol–water partition coefficient (Wildman–Crippen LogP) is 7.16. The maximum atomic E-state index is 13.1. The van der Waals surface area contributed by atoms with Crippen molar-refractivity contribution in [1.82, 2.24) is 15.3 Å². The SMILES string of the molecule is CC=C(C)CCCC1CC=CC(c2cc(-c3ccccn3)c3sc(NC(=O)NCC)nc3c2)=CC1=O. The Balaban J connectivity index is 1.68. The minimum atomic E-state index is -0.285. The van der Waals surface area contributed by atoms with E-state index in [-0.39, 0.29) is 17.7 Å². The van der Waals surface area contributed by atoms with E-state index in [4.69, 9.17) is 0 Å². The highest BCUT2D eigenvalue weighted by molar-refractivity contribution is 7.22. The molecule has 0 radical (unpaired) electrons. The number of ketones is 1. The van der Waals surface area contributed by atoms with Gasteiger partial charge in [-0.1, -0.05) is 41.2 Å². The number of pyridine rings is 1. The van der Waals surface area contributed by atoms with Crippen molar-refractivity contribution in [1.29, 1.82) is 0 Å². The van der Waals surface area contributed by atoms with Crippen molar-refractivity contribution in [2.24, 2.45) is 5.92 Å². The van der Waals surface area contributed by atoms with Crippen LogP contribution in [-0.4, -0.2) is 28.3 Å². The number of thiazole rings is 1. The monoisotopic (exact) mass is 500 g/mol. The van der Waals surface area contributed by atoms with Gasteiger partial charge in [-0.2, -0.15) is 0 Å². The second-order valence-corrected chi connectivity index (χ2v) is 9.95. The third-order valence-electron chi connectivity index (χ3n) is 6.36. The number of allylic oxidation sites excluding steroid dienone is 6. The lowest BCUT2D eigenvalue weighted by Gasteiger charge is -2.11. The summed E-state index contributed by atoms with van der Waals surface area (Å²) >= 11 is 1.41. The van der Waals surface area contributed by atoms with Gasteiger partial charge in [0.25, 0.3) is 0 Å². The second-order valence-electron chi connectivity index (χ2n) is 8.95. The van der Waals surface area contributed by atoms with E-state index in [0.717, 1.165) is 58.3 Å². The molecule has 2 N–H and O–H groups in total. The third-order valence-corrected chi connectivity index (χ3v) is 7.38. The quantitative estimate of drug-likeness (QED) is 0.321. The third kappa shape index (κ3) is 6.15. The molecule has 7 heteroatoms. The summed E-state index contributed by atoms with van der Waals surface area (Å²) in [7, 11) is 0. The number of rotatable bonds is 8. The molecule has 1 atom stereocenters. The van der Waals surface area contributed by atoms with Crippen LogP contribution < -0.4 is 10.6 Å². The van der Waals surface area contributed by atoms with E-state index in [1.54, 1.807) is 12.3 Å². The number of anilines is 1. The lowest BCUT2D eigenvalue weighted by atomic mass is 9.93. The zero-order valence-electron chi connectivity index (χ0n) is 21.0. The Labute approximate surface area is 216 Å². The van der Waals surface area contributed by atoms with Crippen molar-refractivity contribution in [3.05, 3.63) is 72.0 Å². The molecule has 186 valence electrons. The number of nitrogens with one attached hydrogen (secondary N) is 2. The van der Waals surface area contributed by atoms with Crippen LogP contribution in [0, 0.1) is 5.92 Å². The molecule has 6 nitrogen and oxygen atoms in total. The van der Waals surface area contributed by atoms with E-state index in [0.29, 0.717) is 11.7 Å². The van der Waals surface area contributed by atoms with Gasteiger partial charge < -0.3 is 5.32 Å². The van der Waals surface area contributed by atoms with Crippen LogP contribution in [0.4, 0.5) is 9.93 Å². The molecule has 1 aromatic carbocycles. The highest BCUT2D eigenvalue weighted by atomic mass is 32.1. The van der Waals surface area contributed by atoms with Crippen molar-refractivity contribution in [2.75, 3.05) is 11.9 Å². The molecule has 2 aromatic heterocycles. The molecule has 0 spiro atoms. The topological polar surface area (TPSA) is 84.0 Å². The second kappa shape index (κ2) is 11.9. The first-order valence-electron chi connectivity index (χ1n) is 12.4. The fourth-order valence-electron chi connectivity index (χ4n) is 4.27. The molecule has 1 unspecified atom stereocenters. The number of hydrogen-bond donors (Lipinski definition) is 2.